The van der Waals surface area contributed by atoms with E-state index in [9.17, 15) is 24.8 Å². The summed E-state index contributed by atoms with van der Waals surface area (Å²) < 4.78 is 11.2. The third kappa shape index (κ3) is 4.58. The molecule has 3 aromatic carbocycles. The van der Waals surface area contributed by atoms with Crippen molar-refractivity contribution in [3.8, 4) is 17.2 Å². The summed E-state index contributed by atoms with van der Waals surface area (Å²) in [4.78, 5) is 40.4. The number of fused-ring (bicyclic) bond motifs is 1. The van der Waals surface area contributed by atoms with E-state index in [-0.39, 0.29) is 33.9 Å². The number of phenolic OH excluding ortho intramolecular Hbond substituents is 1. The van der Waals surface area contributed by atoms with Gasteiger partial charge in [-0.05, 0) is 54.1 Å². The molecule has 0 saturated carbocycles. The van der Waals surface area contributed by atoms with E-state index in [0.29, 0.717) is 16.8 Å². The molecule has 35 heavy (non-hydrogen) atoms. The van der Waals surface area contributed by atoms with Crippen LogP contribution in [0, 0.1) is 10.1 Å². The van der Waals surface area contributed by atoms with Crippen molar-refractivity contribution in [2.24, 2.45) is 0 Å². The topological polar surface area (TPSA) is 134 Å². The van der Waals surface area contributed by atoms with Crippen LogP contribution in [0.15, 0.2) is 65.5 Å². The maximum Gasteiger partial charge on any atom is 0.337 e. The van der Waals surface area contributed by atoms with Gasteiger partial charge in [-0.1, -0.05) is 12.1 Å². The lowest BCUT2D eigenvalue weighted by Crippen LogP contribution is -2.22. The van der Waals surface area contributed by atoms with Gasteiger partial charge in [0.2, 0.25) is 0 Å². The molecule has 1 N–H and O–H groups in total. The van der Waals surface area contributed by atoms with Crippen LogP contribution in [0.5, 0.6) is 11.5 Å². The Kier molecular flexibility index (Phi) is 6.27. The van der Waals surface area contributed by atoms with Crippen LogP contribution in [0.2, 0.25) is 0 Å². The normalized spacial score (nSPS) is 11.0. The molecule has 0 aliphatic rings. The number of esters is 1. The van der Waals surface area contributed by atoms with Crippen LogP contribution in [-0.4, -0.2) is 39.8 Å². The Hall–Kier alpha value is -4.99. The summed E-state index contributed by atoms with van der Waals surface area (Å²) in [6, 6.07) is 14.8. The molecule has 10 heteroatoms. The van der Waals surface area contributed by atoms with Crippen molar-refractivity contribution in [2.45, 2.75) is 0 Å². The highest BCUT2D eigenvalue weighted by molar-refractivity contribution is 5.89. The van der Waals surface area contributed by atoms with Gasteiger partial charge in [-0.2, -0.15) is 0 Å². The molecule has 176 valence electrons. The number of non-ortho nitro benzene ring substituents is 1. The number of ether oxygens (including phenoxy) is 2. The lowest BCUT2D eigenvalue weighted by Gasteiger charge is -2.12. The van der Waals surface area contributed by atoms with Gasteiger partial charge < -0.3 is 14.6 Å². The van der Waals surface area contributed by atoms with Crippen LogP contribution in [0.25, 0.3) is 28.7 Å². The van der Waals surface area contributed by atoms with Crippen molar-refractivity contribution in [1.29, 1.82) is 0 Å². The van der Waals surface area contributed by atoms with E-state index < -0.39 is 16.5 Å². The van der Waals surface area contributed by atoms with Gasteiger partial charge >= 0.3 is 5.97 Å². The predicted molar refractivity (Wildman–Crippen MR) is 129 cm³/mol. The van der Waals surface area contributed by atoms with Crippen LogP contribution in [0.3, 0.4) is 0 Å². The SMILES string of the molecule is COC(=O)c1ccc(-n2c(/C=C/c3ccc(O)c(OC)c3)nc3cc([N+](=O)[O-])ccc3c2=O)cc1. The molecule has 4 rings (SSSR count). The molecular formula is C25H19N3O7. The van der Waals surface area contributed by atoms with Gasteiger partial charge in [-0.15, -0.1) is 0 Å². The fourth-order valence-corrected chi connectivity index (χ4v) is 3.50. The quantitative estimate of drug-likeness (QED) is 0.253. The fraction of sp³-hybridized carbons (Fsp3) is 0.0800. The van der Waals surface area contributed by atoms with E-state index >= 15 is 0 Å². The molecule has 0 amide bonds. The number of aromatic hydroxyl groups is 1. The van der Waals surface area contributed by atoms with Gasteiger partial charge in [0.15, 0.2) is 11.5 Å². The zero-order chi connectivity index (χ0) is 25.1. The fourth-order valence-electron chi connectivity index (χ4n) is 3.50. The zero-order valence-corrected chi connectivity index (χ0v) is 18.7. The lowest BCUT2D eigenvalue weighted by atomic mass is 10.1. The Balaban J connectivity index is 1.91. The second-order valence-corrected chi connectivity index (χ2v) is 7.37. The highest BCUT2D eigenvalue weighted by Gasteiger charge is 2.15. The van der Waals surface area contributed by atoms with Gasteiger partial charge in [0.1, 0.15) is 5.82 Å². The molecule has 0 aliphatic carbocycles. The van der Waals surface area contributed by atoms with Gasteiger partial charge in [0.25, 0.3) is 11.2 Å². The average molecular weight is 473 g/mol. The van der Waals surface area contributed by atoms with Crippen LogP contribution < -0.4 is 10.3 Å². The number of aromatic nitrogens is 2. The molecule has 0 fully saturated rings. The number of hydrogen-bond donors (Lipinski definition) is 1. The minimum atomic E-state index is -0.559. The molecule has 1 heterocycles. The van der Waals surface area contributed by atoms with Crippen LogP contribution in [0.4, 0.5) is 5.69 Å². The number of rotatable bonds is 6. The van der Waals surface area contributed by atoms with Crippen molar-refractivity contribution >= 4 is 34.7 Å². The molecule has 0 aliphatic heterocycles. The van der Waals surface area contributed by atoms with Crippen LogP contribution in [0.1, 0.15) is 21.7 Å². The maximum atomic E-state index is 13.4. The molecular weight excluding hydrogens is 454 g/mol. The summed E-state index contributed by atoms with van der Waals surface area (Å²) in [5.41, 5.74) is 0.914. The van der Waals surface area contributed by atoms with Crippen molar-refractivity contribution in [2.75, 3.05) is 14.2 Å². The largest absolute Gasteiger partial charge is 0.504 e. The maximum absolute atomic E-state index is 13.4. The van der Waals surface area contributed by atoms with Gasteiger partial charge in [0.05, 0.1) is 41.3 Å². The van der Waals surface area contributed by atoms with E-state index in [0.717, 1.165) is 0 Å². The monoisotopic (exact) mass is 473 g/mol. The van der Waals surface area contributed by atoms with Crippen LogP contribution in [-0.2, 0) is 4.74 Å². The molecule has 1 aromatic heterocycles. The Morgan fingerprint density at radius 1 is 1.06 bits per heavy atom. The van der Waals surface area contributed by atoms with Gasteiger partial charge in [0, 0.05) is 12.1 Å². The van der Waals surface area contributed by atoms with E-state index in [4.69, 9.17) is 9.47 Å². The average Bonchev–Trinajstić information content (AvgIpc) is 2.87. The first kappa shape index (κ1) is 23.2. The van der Waals surface area contributed by atoms with Crippen molar-refractivity contribution in [3.05, 3.63) is 98.1 Å². The summed E-state index contributed by atoms with van der Waals surface area (Å²) in [6.07, 6.45) is 3.23. The number of carbonyl (C=O) groups excluding carboxylic acids is 1. The summed E-state index contributed by atoms with van der Waals surface area (Å²) in [5, 5.41) is 21.2. The van der Waals surface area contributed by atoms with E-state index in [2.05, 4.69) is 4.98 Å². The Bertz CT molecular complexity index is 1540. The molecule has 0 unspecified atom stereocenters. The van der Waals surface area contributed by atoms with Gasteiger partial charge in [-0.3, -0.25) is 19.5 Å². The van der Waals surface area contributed by atoms with E-state index in [1.165, 1.54) is 55.2 Å². The van der Waals surface area contributed by atoms with Crippen molar-refractivity contribution in [1.82, 2.24) is 9.55 Å². The number of phenols is 1. The molecule has 10 nitrogen and oxygen atoms in total. The molecule has 0 spiro atoms. The Morgan fingerprint density at radius 3 is 2.46 bits per heavy atom. The number of nitro groups is 1. The molecule has 0 bridgehead atoms. The first-order valence-corrected chi connectivity index (χ1v) is 10.3. The second kappa shape index (κ2) is 9.48. The number of hydrogen-bond acceptors (Lipinski definition) is 8. The second-order valence-electron chi connectivity index (χ2n) is 7.37. The third-order valence-electron chi connectivity index (χ3n) is 5.26. The number of nitrogens with zero attached hydrogens (tertiary/aromatic N) is 3. The molecule has 0 saturated heterocycles. The first-order valence-electron chi connectivity index (χ1n) is 10.3. The highest BCUT2D eigenvalue weighted by atomic mass is 16.6. The Labute approximate surface area is 198 Å². The standard InChI is InChI=1S/C25H19N3O7/c1-34-22-13-15(3-11-21(22)29)4-12-23-26-20-14-18(28(32)33)9-10-19(20)24(30)27(23)17-7-5-16(6-8-17)25(31)35-2/h3-14,29H,1-2H3/b12-4+. The number of nitro benzene ring substituents is 1. The number of benzene rings is 3. The number of methoxy groups -OCH3 is 2. The minimum Gasteiger partial charge on any atom is -0.504 e. The molecule has 0 radical (unpaired) electrons. The minimum absolute atomic E-state index is 0.0246. The summed E-state index contributed by atoms with van der Waals surface area (Å²) in [5.74, 6) is -0.0801. The van der Waals surface area contributed by atoms with E-state index in [1.807, 2.05) is 0 Å². The number of carbonyl (C=O) groups is 1. The van der Waals surface area contributed by atoms with Gasteiger partial charge in [-0.25, -0.2) is 9.78 Å². The lowest BCUT2D eigenvalue weighted by molar-refractivity contribution is -0.384. The van der Waals surface area contributed by atoms with Crippen molar-refractivity contribution in [3.63, 3.8) is 0 Å². The summed E-state index contributed by atoms with van der Waals surface area (Å²) in [6.45, 7) is 0. The van der Waals surface area contributed by atoms with Crippen LogP contribution >= 0.6 is 0 Å². The summed E-state index contributed by atoms with van der Waals surface area (Å²) >= 11 is 0. The van der Waals surface area contributed by atoms with E-state index in [1.54, 1.807) is 36.4 Å². The smallest absolute Gasteiger partial charge is 0.337 e. The predicted octanol–water partition coefficient (Wildman–Crippen LogP) is 3.97. The molecule has 0 atom stereocenters. The Morgan fingerprint density at radius 2 is 1.80 bits per heavy atom. The first-order chi connectivity index (χ1) is 16.8. The van der Waals surface area contributed by atoms with Crippen molar-refractivity contribution < 1.29 is 24.3 Å². The highest BCUT2D eigenvalue weighted by Crippen LogP contribution is 2.27. The summed E-state index contributed by atoms with van der Waals surface area (Å²) in [7, 11) is 2.70. The zero-order valence-electron chi connectivity index (χ0n) is 18.7. The third-order valence-corrected chi connectivity index (χ3v) is 5.26. The molecule has 4 aromatic rings.